The Morgan fingerprint density at radius 3 is 2.78 bits per heavy atom. The highest BCUT2D eigenvalue weighted by atomic mass is 19.3. The molecule has 1 saturated heterocycles. The molecule has 0 radical (unpaired) electrons. The van der Waals surface area contributed by atoms with E-state index in [4.69, 9.17) is 4.74 Å². The van der Waals surface area contributed by atoms with Gasteiger partial charge < -0.3 is 4.74 Å². The number of ether oxygens (including phenoxy) is 1. The summed E-state index contributed by atoms with van der Waals surface area (Å²) in [5.41, 5.74) is 1.17. The molecular weight excluding hydrogens is 236 g/mol. The molecule has 0 aromatic heterocycles. The van der Waals surface area contributed by atoms with E-state index in [9.17, 15) is 8.78 Å². The van der Waals surface area contributed by atoms with Crippen LogP contribution >= 0.6 is 0 Å². The van der Waals surface area contributed by atoms with Crippen molar-refractivity contribution in [1.29, 1.82) is 0 Å². The van der Waals surface area contributed by atoms with Crippen molar-refractivity contribution in [2.45, 2.75) is 37.5 Å². The van der Waals surface area contributed by atoms with Crippen LogP contribution in [0.4, 0.5) is 8.78 Å². The van der Waals surface area contributed by atoms with E-state index in [2.05, 4.69) is 4.90 Å². The predicted octanol–water partition coefficient (Wildman–Crippen LogP) is 2.69. The second-order valence-corrected chi connectivity index (χ2v) is 5.20. The molecule has 3 rings (SSSR count). The first-order valence-corrected chi connectivity index (χ1v) is 6.41. The van der Waals surface area contributed by atoms with Crippen LogP contribution in [0.15, 0.2) is 30.3 Å². The summed E-state index contributed by atoms with van der Waals surface area (Å²) in [4.78, 5) is 2.14. The Balaban J connectivity index is 1.72. The smallest absolute Gasteiger partial charge is 0.252 e. The average Bonchev–Trinajstić information content (AvgIpc) is 2.66. The number of rotatable bonds is 2. The summed E-state index contributed by atoms with van der Waals surface area (Å²) < 4.78 is 32.4. The summed E-state index contributed by atoms with van der Waals surface area (Å²) in [5, 5.41) is 0. The van der Waals surface area contributed by atoms with Crippen molar-refractivity contribution in [2.24, 2.45) is 0 Å². The van der Waals surface area contributed by atoms with Crippen molar-refractivity contribution in [3.63, 3.8) is 0 Å². The molecule has 2 nitrogen and oxygen atoms in total. The lowest BCUT2D eigenvalue weighted by atomic mass is 10.1. The van der Waals surface area contributed by atoms with Gasteiger partial charge in [-0.2, -0.15) is 0 Å². The van der Waals surface area contributed by atoms with Crippen molar-refractivity contribution in [2.75, 3.05) is 13.2 Å². The Morgan fingerprint density at radius 2 is 2.00 bits per heavy atom. The highest BCUT2D eigenvalue weighted by Gasteiger charge is 2.50. The number of benzene rings is 1. The van der Waals surface area contributed by atoms with E-state index in [1.54, 1.807) is 0 Å². The second-order valence-electron chi connectivity index (χ2n) is 5.20. The van der Waals surface area contributed by atoms with E-state index in [1.165, 1.54) is 5.56 Å². The van der Waals surface area contributed by atoms with Gasteiger partial charge in [-0.1, -0.05) is 30.3 Å². The number of hydrogen-bond donors (Lipinski definition) is 0. The van der Waals surface area contributed by atoms with Crippen molar-refractivity contribution in [3.05, 3.63) is 35.9 Å². The van der Waals surface area contributed by atoms with Gasteiger partial charge >= 0.3 is 0 Å². The Morgan fingerprint density at radius 1 is 1.22 bits per heavy atom. The van der Waals surface area contributed by atoms with Gasteiger partial charge in [0.05, 0.1) is 12.7 Å². The van der Waals surface area contributed by atoms with E-state index in [1.807, 2.05) is 30.3 Å². The standard InChI is InChI=1S/C14H17F2NO/c15-14(16)8-12-13(9-14)18-7-6-17(12)10-11-4-2-1-3-5-11/h1-5,12-13H,6-10H2. The molecule has 1 aliphatic heterocycles. The third-order valence-electron chi connectivity index (χ3n) is 3.84. The molecule has 1 aromatic rings. The molecule has 2 aliphatic rings. The van der Waals surface area contributed by atoms with Gasteiger partial charge in [0.2, 0.25) is 0 Å². The van der Waals surface area contributed by atoms with Gasteiger partial charge in [0.15, 0.2) is 0 Å². The zero-order chi connectivity index (χ0) is 12.6. The first-order chi connectivity index (χ1) is 8.64. The Hall–Kier alpha value is -1.00. The van der Waals surface area contributed by atoms with Crippen LogP contribution in [0.2, 0.25) is 0 Å². The first-order valence-electron chi connectivity index (χ1n) is 6.41. The second kappa shape index (κ2) is 4.59. The SMILES string of the molecule is FC1(F)CC2OCCN(Cc3ccccc3)C2C1. The number of alkyl halides is 2. The van der Waals surface area contributed by atoms with E-state index < -0.39 is 5.92 Å². The lowest BCUT2D eigenvalue weighted by Crippen LogP contribution is -2.47. The first kappa shape index (κ1) is 12.1. The molecule has 0 bridgehead atoms. The maximum atomic E-state index is 13.5. The van der Waals surface area contributed by atoms with Crippen LogP contribution in [0.3, 0.4) is 0 Å². The van der Waals surface area contributed by atoms with E-state index in [-0.39, 0.29) is 25.0 Å². The normalized spacial score (nSPS) is 31.2. The molecule has 18 heavy (non-hydrogen) atoms. The molecule has 2 atom stereocenters. The van der Waals surface area contributed by atoms with Crippen LogP contribution in [0.25, 0.3) is 0 Å². The zero-order valence-corrected chi connectivity index (χ0v) is 10.2. The summed E-state index contributed by atoms with van der Waals surface area (Å²) >= 11 is 0. The van der Waals surface area contributed by atoms with Gasteiger partial charge in [-0.15, -0.1) is 0 Å². The maximum Gasteiger partial charge on any atom is 0.252 e. The van der Waals surface area contributed by atoms with Crippen molar-refractivity contribution < 1.29 is 13.5 Å². The monoisotopic (exact) mass is 253 g/mol. The molecule has 98 valence electrons. The van der Waals surface area contributed by atoms with Crippen LogP contribution in [0.5, 0.6) is 0 Å². The fourth-order valence-corrected chi connectivity index (χ4v) is 2.99. The van der Waals surface area contributed by atoms with Crippen LogP contribution in [0.1, 0.15) is 18.4 Å². The summed E-state index contributed by atoms with van der Waals surface area (Å²) in [7, 11) is 0. The molecule has 2 unspecified atom stereocenters. The topological polar surface area (TPSA) is 12.5 Å². The van der Waals surface area contributed by atoms with Crippen molar-refractivity contribution in [3.8, 4) is 0 Å². The number of morpholine rings is 1. The average molecular weight is 253 g/mol. The number of hydrogen-bond acceptors (Lipinski definition) is 2. The lowest BCUT2D eigenvalue weighted by Gasteiger charge is -2.37. The van der Waals surface area contributed by atoms with Gasteiger partial charge in [0.1, 0.15) is 0 Å². The van der Waals surface area contributed by atoms with E-state index in [0.29, 0.717) is 6.61 Å². The van der Waals surface area contributed by atoms with E-state index in [0.717, 1.165) is 13.1 Å². The quantitative estimate of drug-likeness (QED) is 0.803. The summed E-state index contributed by atoms with van der Waals surface area (Å²) in [6, 6.07) is 9.88. The Kier molecular flexibility index (Phi) is 3.08. The zero-order valence-electron chi connectivity index (χ0n) is 10.2. The number of halogens is 2. The van der Waals surface area contributed by atoms with Crippen molar-refractivity contribution in [1.82, 2.24) is 4.90 Å². The minimum atomic E-state index is -2.56. The van der Waals surface area contributed by atoms with Crippen molar-refractivity contribution >= 4 is 0 Å². The van der Waals surface area contributed by atoms with E-state index >= 15 is 0 Å². The Bertz CT molecular complexity index is 410. The van der Waals surface area contributed by atoms with Gasteiger partial charge in [0.25, 0.3) is 5.92 Å². The van der Waals surface area contributed by atoms with Crippen LogP contribution in [0, 0.1) is 0 Å². The number of fused-ring (bicyclic) bond motifs is 1. The molecule has 1 heterocycles. The third-order valence-corrected chi connectivity index (χ3v) is 3.84. The summed E-state index contributed by atoms with van der Waals surface area (Å²) in [6.07, 6.45) is -0.481. The highest BCUT2D eigenvalue weighted by Crippen LogP contribution is 2.41. The predicted molar refractivity (Wildman–Crippen MR) is 64.6 cm³/mol. The Labute approximate surface area is 106 Å². The minimum absolute atomic E-state index is 0.0650. The van der Waals surface area contributed by atoms with Gasteiger partial charge in [-0.05, 0) is 5.56 Å². The maximum absolute atomic E-state index is 13.5. The minimum Gasteiger partial charge on any atom is -0.375 e. The molecule has 1 aliphatic carbocycles. The molecule has 1 saturated carbocycles. The molecule has 1 aromatic carbocycles. The number of nitrogens with zero attached hydrogens (tertiary/aromatic N) is 1. The van der Waals surface area contributed by atoms with Crippen LogP contribution in [-0.2, 0) is 11.3 Å². The summed E-state index contributed by atoms with van der Waals surface area (Å²) in [5.74, 6) is -2.56. The third kappa shape index (κ3) is 2.40. The molecule has 4 heteroatoms. The van der Waals surface area contributed by atoms with Crippen LogP contribution in [-0.4, -0.2) is 36.1 Å². The van der Waals surface area contributed by atoms with Gasteiger partial charge in [0, 0.05) is 32.0 Å². The fraction of sp³-hybridized carbons (Fsp3) is 0.571. The highest BCUT2D eigenvalue weighted by molar-refractivity contribution is 5.15. The van der Waals surface area contributed by atoms with Gasteiger partial charge in [-0.25, -0.2) is 8.78 Å². The van der Waals surface area contributed by atoms with Gasteiger partial charge in [-0.3, -0.25) is 4.90 Å². The molecule has 2 fully saturated rings. The molecule has 0 spiro atoms. The summed E-state index contributed by atoms with van der Waals surface area (Å²) in [6.45, 7) is 2.04. The largest absolute Gasteiger partial charge is 0.375 e. The molecule has 0 amide bonds. The molecule has 0 N–H and O–H groups in total. The lowest BCUT2D eigenvalue weighted by molar-refractivity contribution is -0.0614. The van der Waals surface area contributed by atoms with Crippen LogP contribution < -0.4 is 0 Å². The molecular formula is C14H17F2NO. The fourth-order valence-electron chi connectivity index (χ4n) is 2.99.